The van der Waals surface area contributed by atoms with Gasteiger partial charge in [-0.25, -0.2) is 8.42 Å². The molecule has 1 fully saturated rings. The lowest BCUT2D eigenvalue weighted by Crippen LogP contribution is -2.36. The Bertz CT molecular complexity index is 943. The first kappa shape index (κ1) is 20.8. The van der Waals surface area contributed by atoms with Gasteiger partial charge in [0.1, 0.15) is 5.75 Å². The molecule has 1 aliphatic carbocycles. The van der Waals surface area contributed by atoms with Crippen molar-refractivity contribution in [3.05, 3.63) is 52.5 Å². The molecule has 0 saturated heterocycles. The van der Waals surface area contributed by atoms with Crippen LogP contribution in [0.25, 0.3) is 0 Å². The zero-order valence-corrected chi connectivity index (χ0v) is 17.3. The number of nitrogens with one attached hydrogen (secondary N) is 2. The molecule has 6 nitrogen and oxygen atoms in total. The molecule has 1 aliphatic rings. The van der Waals surface area contributed by atoms with Crippen molar-refractivity contribution in [2.24, 2.45) is 0 Å². The van der Waals surface area contributed by atoms with Crippen LogP contribution in [-0.2, 0) is 14.8 Å². The second-order valence-electron chi connectivity index (χ2n) is 6.54. The number of hydrogen-bond acceptors (Lipinski definition) is 4. The first-order valence-corrected chi connectivity index (χ1v) is 11.1. The molecule has 0 radical (unpaired) electrons. The zero-order valence-electron chi connectivity index (χ0n) is 15.0. The Morgan fingerprint density at radius 2 is 1.75 bits per heavy atom. The van der Waals surface area contributed by atoms with Gasteiger partial charge < -0.3 is 10.1 Å². The van der Waals surface area contributed by atoms with Crippen LogP contribution in [0.2, 0.25) is 10.0 Å². The highest BCUT2D eigenvalue weighted by molar-refractivity contribution is 7.92. The van der Waals surface area contributed by atoms with Gasteiger partial charge in [-0.1, -0.05) is 36.0 Å². The van der Waals surface area contributed by atoms with Crippen molar-refractivity contribution in [1.82, 2.24) is 5.32 Å². The SMILES string of the molecule is O=C(COc1ccc(S(=O)(=O)Nc2ccc(Cl)cc2)cc1Cl)NC1CCCC1. The molecule has 150 valence electrons. The molecular formula is C19H20Cl2N2O4S. The summed E-state index contributed by atoms with van der Waals surface area (Å²) >= 11 is 11.9. The minimum Gasteiger partial charge on any atom is -0.482 e. The Kier molecular flexibility index (Phi) is 6.69. The molecule has 0 heterocycles. The molecule has 9 heteroatoms. The van der Waals surface area contributed by atoms with E-state index in [1.807, 2.05) is 0 Å². The van der Waals surface area contributed by atoms with Crippen molar-refractivity contribution in [2.75, 3.05) is 11.3 Å². The van der Waals surface area contributed by atoms with Gasteiger partial charge >= 0.3 is 0 Å². The van der Waals surface area contributed by atoms with E-state index in [9.17, 15) is 13.2 Å². The average molecular weight is 443 g/mol. The van der Waals surface area contributed by atoms with E-state index in [1.165, 1.54) is 18.2 Å². The molecule has 2 aromatic carbocycles. The van der Waals surface area contributed by atoms with Crippen molar-refractivity contribution < 1.29 is 17.9 Å². The highest BCUT2D eigenvalue weighted by Gasteiger charge is 2.19. The van der Waals surface area contributed by atoms with Gasteiger partial charge in [0.2, 0.25) is 0 Å². The number of hydrogen-bond donors (Lipinski definition) is 2. The van der Waals surface area contributed by atoms with Crippen molar-refractivity contribution in [3.8, 4) is 5.75 Å². The largest absolute Gasteiger partial charge is 0.482 e. The van der Waals surface area contributed by atoms with E-state index in [1.54, 1.807) is 24.3 Å². The van der Waals surface area contributed by atoms with Gasteiger partial charge in [0, 0.05) is 16.8 Å². The summed E-state index contributed by atoms with van der Waals surface area (Å²) < 4.78 is 32.9. The number of anilines is 1. The van der Waals surface area contributed by atoms with Crippen LogP contribution in [0.3, 0.4) is 0 Å². The number of benzene rings is 2. The summed E-state index contributed by atoms with van der Waals surface area (Å²) in [4.78, 5) is 11.9. The molecule has 0 aliphatic heterocycles. The highest BCUT2D eigenvalue weighted by atomic mass is 35.5. The quantitative estimate of drug-likeness (QED) is 0.671. The molecule has 2 N–H and O–H groups in total. The van der Waals surface area contributed by atoms with Crippen LogP contribution in [0.4, 0.5) is 5.69 Å². The Morgan fingerprint density at radius 1 is 1.07 bits per heavy atom. The first-order chi connectivity index (χ1) is 13.3. The number of carbonyl (C=O) groups excluding carboxylic acids is 1. The van der Waals surface area contributed by atoms with E-state index in [4.69, 9.17) is 27.9 Å². The van der Waals surface area contributed by atoms with E-state index < -0.39 is 10.0 Å². The van der Waals surface area contributed by atoms with Gasteiger partial charge in [-0.2, -0.15) is 0 Å². The summed E-state index contributed by atoms with van der Waals surface area (Å²) in [6.45, 7) is -0.175. The summed E-state index contributed by atoms with van der Waals surface area (Å²) in [6.07, 6.45) is 4.22. The Hall–Kier alpha value is -1.96. The number of rotatable bonds is 7. The maximum atomic E-state index is 12.5. The smallest absolute Gasteiger partial charge is 0.261 e. The predicted octanol–water partition coefficient (Wildman–Crippen LogP) is 4.23. The van der Waals surface area contributed by atoms with Crippen LogP contribution in [0.5, 0.6) is 5.75 Å². The van der Waals surface area contributed by atoms with Gasteiger partial charge in [-0.3, -0.25) is 9.52 Å². The molecule has 0 unspecified atom stereocenters. The molecular weight excluding hydrogens is 423 g/mol. The van der Waals surface area contributed by atoms with Crippen molar-refractivity contribution in [1.29, 1.82) is 0 Å². The van der Waals surface area contributed by atoms with E-state index in [-0.39, 0.29) is 34.2 Å². The topological polar surface area (TPSA) is 84.5 Å². The van der Waals surface area contributed by atoms with Crippen LogP contribution in [0.1, 0.15) is 25.7 Å². The van der Waals surface area contributed by atoms with Crippen molar-refractivity contribution in [3.63, 3.8) is 0 Å². The summed E-state index contributed by atoms with van der Waals surface area (Å²) in [7, 11) is -3.82. The highest BCUT2D eigenvalue weighted by Crippen LogP contribution is 2.28. The number of amides is 1. The van der Waals surface area contributed by atoms with Gasteiger partial charge in [0.05, 0.1) is 9.92 Å². The van der Waals surface area contributed by atoms with Crippen LogP contribution in [-0.4, -0.2) is 27.0 Å². The van der Waals surface area contributed by atoms with E-state index in [0.717, 1.165) is 25.7 Å². The fourth-order valence-electron chi connectivity index (χ4n) is 2.98. The van der Waals surface area contributed by atoms with E-state index >= 15 is 0 Å². The molecule has 28 heavy (non-hydrogen) atoms. The van der Waals surface area contributed by atoms with Crippen LogP contribution < -0.4 is 14.8 Å². The number of halogens is 2. The Balaban J connectivity index is 1.62. The molecule has 1 saturated carbocycles. The van der Waals surface area contributed by atoms with Gasteiger partial charge in [0.15, 0.2) is 6.61 Å². The number of sulfonamides is 1. The molecule has 0 atom stereocenters. The third-order valence-corrected chi connectivity index (χ3v) is 6.32. The number of ether oxygens (including phenoxy) is 1. The predicted molar refractivity (Wildman–Crippen MR) is 110 cm³/mol. The van der Waals surface area contributed by atoms with Crippen LogP contribution >= 0.6 is 23.2 Å². The van der Waals surface area contributed by atoms with Gasteiger partial charge in [0.25, 0.3) is 15.9 Å². The summed E-state index contributed by atoms with van der Waals surface area (Å²) in [5.41, 5.74) is 0.379. The monoisotopic (exact) mass is 442 g/mol. The van der Waals surface area contributed by atoms with Crippen LogP contribution in [0.15, 0.2) is 47.4 Å². The minimum atomic E-state index is -3.82. The minimum absolute atomic E-state index is 0.0183. The maximum Gasteiger partial charge on any atom is 0.261 e. The second-order valence-corrected chi connectivity index (χ2v) is 9.07. The van der Waals surface area contributed by atoms with Crippen molar-refractivity contribution >= 4 is 44.8 Å². The zero-order chi connectivity index (χ0) is 20.1. The normalized spacial score (nSPS) is 14.6. The molecule has 0 bridgehead atoms. The lowest BCUT2D eigenvalue weighted by molar-refractivity contribution is -0.123. The summed E-state index contributed by atoms with van der Waals surface area (Å²) in [5, 5.41) is 3.52. The van der Waals surface area contributed by atoms with Crippen LogP contribution in [0, 0.1) is 0 Å². The first-order valence-electron chi connectivity index (χ1n) is 8.83. The summed E-state index contributed by atoms with van der Waals surface area (Å²) in [5.74, 6) is 0.0257. The van der Waals surface area contributed by atoms with E-state index in [2.05, 4.69) is 10.0 Å². The van der Waals surface area contributed by atoms with Gasteiger partial charge in [-0.05, 0) is 55.3 Å². The number of carbonyl (C=O) groups is 1. The third-order valence-electron chi connectivity index (χ3n) is 4.39. The summed E-state index contributed by atoms with van der Waals surface area (Å²) in [6, 6.07) is 10.6. The van der Waals surface area contributed by atoms with Crippen molar-refractivity contribution in [2.45, 2.75) is 36.6 Å². The van der Waals surface area contributed by atoms with E-state index in [0.29, 0.717) is 10.7 Å². The molecule has 0 spiro atoms. The fourth-order valence-corrected chi connectivity index (χ4v) is 4.49. The Labute approximate surface area is 174 Å². The Morgan fingerprint density at radius 3 is 2.39 bits per heavy atom. The molecule has 1 amide bonds. The third kappa shape index (κ3) is 5.53. The standard InChI is InChI=1S/C19H20Cl2N2O4S/c20-13-5-7-15(8-6-13)23-28(25,26)16-9-10-18(17(21)11-16)27-12-19(24)22-14-3-1-2-4-14/h5-11,14,23H,1-4,12H2,(H,22,24). The second kappa shape index (κ2) is 9.03. The average Bonchev–Trinajstić information content (AvgIpc) is 3.15. The molecule has 3 rings (SSSR count). The lowest BCUT2D eigenvalue weighted by Gasteiger charge is -2.14. The molecule has 0 aromatic heterocycles. The lowest BCUT2D eigenvalue weighted by atomic mass is 10.2. The maximum absolute atomic E-state index is 12.5. The molecule has 2 aromatic rings. The fraction of sp³-hybridized carbons (Fsp3) is 0.316. The van der Waals surface area contributed by atoms with Gasteiger partial charge in [-0.15, -0.1) is 0 Å².